The van der Waals surface area contributed by atoms with E-state index in [9.17, 15) is 9.59 Å². The van der Waals surface area contributed by atoms with Crippen LogP contribution in [-0.4, -0.2) is 64.3 Å². The summed E-state index contributed by atoms with van der Waals surface area (Å²) < 4.78 is 0. The molecule has 1 N–H and O–H groups in total. The second-order valence-corrected chi connectivity index (χ2v) is 9.23. The zero-order chi connectivity index (χ0) is 21.2. The van der Waals surface area contributed by atoms with Gasteiger partial charge in [-0.1, -0.05) is 12.1 Å². The highest BCUT2D eigenvalue weighted by Gasteiger charge is 2.24. The van der Waals surface area contributed by atoms with E-state index in [0.29, 0.717) is 19.5 Å². The second-order valence-electron chi connectivity index (χ2n) is 8.23. The van der Waals surface area contributed by atoms with Crippen LogP contribution in [-0.2, 0) is 22.6 Å². The summed E-state index contributed by atoms with van der Waals surface area (Å²) in [7, 11) is 0. The second kappa shape index (κ2) is 8.70. The van der Waals surface area contributed by atoms with E-state index in [4.69, 9.17) is 0 Å². The van der Waals surface area contributed by atoms with Crippen molar-refractivity contribution < 1.29 is 9.59 Å². The molecule has 8 heteroatoms. The van der Waals surface area contributed by atoms with Gasteiger partial charge in [0.2, 0.25) is 17.8 Å². The highest BCUT2D eigenvalue weighted by molar-refractivity contribution is 7.10. The third-order valence-electron chi connectivity index (χ3n) is 6.24. The number of imidazole rings is 1. The van der Waals surface area contributed by atoms with Gasteiger partial charge in [-0.2, -0.15) is 0 Å². The number of hydrogen-bond acceptors (Lipinski definition) is 5. The molecule has 0 saturated carbocycles. The molecule has 0 radical (unpaired) electrons. The van der Waals surface area contributed by atoms with Crippen molar-refractivity contribution in [3.63, 3.8) is 0 Å². The summed E-state index contributed by atoms with van der Waals surface area (Å²) in [5.41, 5.74) is 3.25. The van der Waals surface area contributed by atoms with E-state index in [1.54, 1.807) is 11.3 Å². The molecular formula is C23H27N5O2S. The molecule has 0 atom stereocenters. The smallest absolute Gasteiger partial charge is 0.223 e. The Kier molecular flexibility index (Phi) is 5.63. The van der Waals surface area contributed by atoms with Crippen LogP contribution in [0.25, 0.3) is 11.0 Å². The Morgan fingerprint density at radius 3 is 2.68 bits per heavy atom. The molecule has 0 unspecified atom stereocenters. The van der Waals surface area contributed by atoms with Crippen molar-refractivity contribution in [1.29, 1.82) is 0 Å². The van der Waals surface area contributed by atoms with E-state index < -0.39 is 0 Å². The number of thiophene rings is 1. The highest BCUT2D eigenvalue weighted by atomic mass is 32.1. The molecule has 2 aromatic heterocycles. The molecule has 0 bridgehead atoms. The number of aromatic nitrogens is 2. The summed E-state index contributed by atoms with van der Waals surface area (Å²) in [6.07, 6.45) is 2.40. The maximum absolute atomic E-state index is 12.8. The van der Waals surface area contributed by atoms with Crippen LogP contribution < -0.4 is 4.90 Å². The molecule has 0 aliphatic carbocycles. The van der Waals surface area contributed by atoms with Gasteiger partial charge in [0, 0.05) is 57.0 Å². The average Bonchev–Trinajstić information content (AvgIpc) is 3.37. The monoisotopic (exact) mass is 437 g/mol. The van der Waals surface area contributed by atoms with Gasteiger partial charge >= 0.3 is 0 Å². The molecule has 0 spiro atoms. The van der Waals surface area contributed by atoms with Gasteiger partial charge in [-0.3, -0.25) is 9.59 Å². The predicted molar refractivity (Wildman–Crippen MR) is 122 cm³/mol. The van der Waals surface area contributed by atoms with Crippen molar-refractivity contribution >= 4 is 40.1 Å². The zero-order valence-corrected chi connectivity index (χ0v) is 18.4. The van der Waals surface area contributed by atoms with E-state index >= 15 is 0 Å². The van der Waals surface area contributed by atoms with Crippen LogP contribution in [0.2, 0.25) is 0 Å². The number of para-hydroxylation sites is 2. The van der Waals surface area contributed by atoms with Gasteiger partial charge in [0.25, 0.3) is 0 Å². The minimum atomic E-state index is 0.0769. The molecule has 7 nitrogen and oxygen atoms in total. The van der Waals surface area contributed by atoms with Crippen molar-refractivity contribution in [1.82, 2.24) is 19.8 Å². The van der Waals surface area contributed by atoms with Crippen LogP contribution in [0, 0.1) is 0 Å². The lowest BCUT2D eigenvalue weighted by atomic mass is 10.1. The van der Waals surface area contributed by atoms with Gasteiger partial charge < -0.3 is 19.7 Å². The lowest BCUT2D eigenvalue weighted by Crippen LogP contribution is -2.38. The van der Waals surface area contributed by atoms with Crippen LogP contribution in [0.3, 0.4) is 0 Å². The van der Waals surface area contributed by atoms with Gasteiger partial charge in [0.05, 0.1) is 11.0 Å². The van der Waals surface area contributed by atoms with Crippen molar-refractivity contribution in [2.45, 2.75) is 32.2 Å². The fraction of sp³-hybridized carbons (Fsp3) is 0.435. The summed E-state index contributed by atoms with van der Waals surface area (Å²) in [6, 6.07) is 10.1. The standard InChI is InChI=1S/C23H27N5O2S/c29-21(6-7-22(30)28-12-8-20-17(16-28)9-15-31-20)26-10-3-11-27(14-13-26)23-24-18-4-1-2-5-19(18)25-23/h1-2,4-5,9,15H,3,6-8,10-14,16H2,(H,24,25). The van der Waals surface area contributed by atoms with Gasteiger partial charge in [-0.05, 0) is 42.0 Å². The first-order valence-corrected chi connectivity index (χ1v) is 11.9. The van der Waals surface area contributed by atoms with Crippen molar-refractivity contribution in [2.75, 3.05) is 37.6 Å². The number of nitrogens with zero attached hydrogens (tertiary/aromatic N) is 4. The summed E-state index contributed by atoms with van der Waals surface area (Å²) in [5, 5.41) is 2.09. The quantitative estimate of drug-likeness (QED) is 0.681. The van der Waals surface area contributed by atoms with Gasteiger partial charge in [-0.25, -0.2) is 4.98 Å². The molecule has 31 heavy (non-hydrogen) atoms. The van der Waals surface area contributed by atoms with E-state index in [1.165, 1.54) is 10.4 Å². The Labute approximate surface area is 185 Å². The Bertz CT molecular complexity index is 1060. The SMILES string of the molecule is O=C(CCC(=O)N1CCc2sccc2C1)N1CCCN(c2nc3ccccc3[nH]2)CC1. The van der Waals surface area contributed by atoms with E-state index in [2.05, 4.69) is 26.3 Å². The minimum Gasteiger partial charge on any atom is -0.341 e. The third kappa shape index (κ3) is 4.30. The Morgan fingerprint density at radius 2 is 1.81 bits per heavy atom. The van der Waals surface area contributed by atoms with Crippen LogP contribution in [0.15, 0.2) is 35.7 Å². The summed E-state index contributed by atoms with van der Waals surface area (Å²) in [6.45, 7) is 4.43. The van der Waals surface area contributed by atoms with Gasteiger partial charge in [0.15, 0.2) is 0 Å². The number of hydrogen-bond donors (Lipinski definition) is 1. The Morgan fingerprint density at radius 1 is 0.968 bits per heavy atom. The van der Waals surface area contributed by atoms with Gasteiger partial charge in [0.1, 0.15) is 0 Å². The molecule has 2 aliphatic heterocycles. The third-order valence-corrected chi connectivity index (χ3v) is 7.26. The first kappa shape index (κ1) is 20.1. The van der Waals surface area contributed by atoms with Crippen LogP contribution in [0.1, 0.15) is 29.7 Å². The van der Waals surface area contributed by atoms with Crippen LogP contribution >= 0.6 is 11.3 Å². The van der Waals surface area contributed by atoms with Crippen molar-refractivity contribution in [2.24, 2.45) is 0 Å². The number of aromatic amines is 1. The van der Waals surface area contributed by atoms with E-state index in [0.717, 1.165) is 56.0 Å². The van der Waals surface area contributed by atoms with Gasteiger partial charge in [-0.15, -0.1) is 11.3 Å². The first-order valence-electron chi connectivity index (χ1n) is 11.0. The number of anilines is 1. The Balaban J connectivity index is 1.13. The fourth-order valence-corrected chi connectivity index (χ4v) is 5.35. The number of nitrogens with one attached hydrogen (secondary N) is 1. The molecule has 1 saturated heterocycles. The molecular weight excluding hydrogens is 410 g/mol. The molecule has 4 heterocycles. The fourth-order valence-electron chi connectivity index (χ4n) is 4.46. The molecule has 162 valence electrons. The molecule has 2 aliphatic rings. The topological polar surface area (TPSA) is 72.5 Å². The predicted octanol–water partition coefficient (Wildman–Crippen LogP) is 3.03. The lowest BCUT2D eigenvalue weighted by molar-refractivity contribution is -0.137. The first-order chi connectivity index (χ1) is 15.2. The molecule has 1 aromatic carbocycles. The number of carbonyl (C=O) groups is 2. The normalized spacial score (nSPS) is 17.0. The number of rotatable bonds is 4. The number of amides is 2. The average molecular weight is 438 g/mol. The summed E-state index contributed by atoms with van der Waals surface area (Å²) in [4.78, 5) is 40.9. The largest absolute Gasteiger partial charge is 0.341 e. The van der Waals surface area contributed by atoms with E-state index in [-0.39, 0.29) is 18.2 Å². The minimum absolute atomic E-state index is 0.0769. The summed E-state index contributed by atoms with van der Waals surface area (Å²) >= 11 is 1.77. The lowest BCUT2D eigenvalue weighted by Gasteiger charge is -2.27. The maximum atomic E-state index is 12.8. The zero-order valence-electron chi connectivity index (χ0n) is 17.5. The van der Waals surface area contributed by atoms with Crippen molar-refractivity contribution in [3.8, 4) is 0 Å². The van der Waals surface area contributed by atoms with Crippen LogP contribution in [0.5, 0.6) is 0 Å². The number of benzene rings is 1. The molecule has 3 aromatic rings. The number of fused-ring (bicyclic) bond motifs is 2. The Hall–Kier alpha value is -2.87. The molecule has 1 fully saturated rings. The number of H-pyrrole nitrogens is 1. The highest BCUT2D eigenvalue weighted by Crippen LogP contribution is 2.24. The van der Waals surface area contributed by atoms with E-state index in [1.807, 2.05) is 34.1 Å². The number of carbonyl (C=O) groups excluding carboxylic acids is 2. The molecule has 2 amide bonds. The maximum Gasteiger partial charge on any atom is 0.223 e. The van der Waals surface area contributed by atoms with Crippen LogP contribution in [0.4, 0.5) is 5.95 Å². The molecule has 5 rings (SSSR count). The summed E-state index contributed by atoms with van der Waals surface area (Å²) in [5.74, 6) is 1.03. The van der Waals surface area contributed by atoms with Crippen molar-refractivity contribution in [3.05, 3.63) is 46.2 Å².